The molecule has 0 radical (unpaired) electrons. The Labute approximate surface area is 160 Å². The summed E-state index contributed by atoms with van der Waals surface area (Å²) in [4.78, 5) is 20.5. The lowest BCUT2D eigenvalue weighted by molar-refractivity contribution is 0.0519. The maximum Gasteiger partial charge on any atom is 0.357 e. The van der Waals surface area contributed by atoms with E-state index in [4.69, 9.17) is 4.74 Å². The van der Waals surface area contributed by atoms with Gasteiger partial charge in [0.05, 0.1) is 6.61 Å². The Balaban J connectivity index is 1.67. The van der Waals surface area contributed by atoms with Gasteiger partial charge in [0.25, 0.3) is 0 Å². The normalized spacial score (nSPS) is 19.3. The molecule has 1 aromatic heterocycles. The molecule has 0 amide bonds. The molecule has 1 aromatic carbocycles. The van der Waals surface area contributed by atoms with E-state index in [-0.39, 0.29) is 5.69 Å². The minimum atomic E-state index is -0.445. The van der Waals surface area contributed by atoms with E-state index in [1.54, 1.807) is 13.0 Å². The van der Waals surface area contributed by atoms with Crippen LogP contribution in [0.3, 0.4) is 0 Å². The maximum absolute atomic E-state index is 12.1. The van der Waals surface area contributed by atoms with Gasteiger partial charge < -0.3 is 10.1 Å². The van der Waals surface area contributed by atoms with Crippen LogP contribution in [0.1, 0.15) is 60.1 Å². The van der Waals surface area contributed by atoms with Crippen LogP contribution in [0.5, 0.6) is 0 Å². The molecule has 2 atom stereocenters. The lowest BCUT2D eigenvalue weighted by atomic mass is 9.78. The summed E-state index contributed by atoms with van der Waals surface area (Å²) in [5.41, 5.74) is 2.29. The first kappa shape index (κ1) is 19.1. The molecular weight excluding hydrogens is 338 g/mol. The molecule has 3 rings (SSSR count). The molecule has 1 aliphatic rings. The van der Waals surface area contributed by atoms with Crippen molar-refractivity contribution in [3.05, 3.63) is 60.1 Å². The molecule has 0 spiro atoms. The molecule has 1 heterocycles. The minimum Gasteiger partial charge on any atom is -0.461 e. The van der Waals surface area contributed by atoms with Crippen molar-refractivity contribution in [3.8, 4) is 0 Å². The first-order chi connectivity index (χ1) is 13.2. The molecule has 0 unspecified atom stereocenters. The largest absolute Gasteiger partial charge is 0.461 e. The Kier molecular flexibility index (Phi) is 6.58. The Morgan fingerprint density at radius 3 is 2.85 bits per heavy atom. The lowest BCUT2D eigenvalue weighted by Gasteiger charge is -2.30. The summed E-state index contributed by atoms with van der Waals surface area (Å²) < 4.78 is 5.08. The van der Waals surface area contributed by atoms with Gasteiger partial charge in [-0.25, -0.2) is 14.8 Å². The van der Waals surface area contributed by atoms with E-state index in [0.717, 1.165) is 13.0 Å². The zero-order valence-electron chi connectivity index (χ0n) is 15.9. The third kappa shape index (κ3) is 4.73. The van der Waals surface area contributed by atoms with Crippen LogP contribution in [0.25, 0.3) is 6.08 Å². The van der Waals surface area contributed by atoms with Gasteiger partial charge in [-0.1, -0.05) is 49.4 Å². The molecule has 1 fully saturated rings. The van der Waals surface area contributed by atoms with Crippen LogP contribution in [0.4, 0.5) is 5.82 Å². The van der Waals surface area contributed by atoms with Crippen LogP contribution >= 0.6 is 0 Å². The number of hydrogen-bond acceptors (Lipinski definition) is 5. The van der Waals surface area contributed by atoms with Gasteiger partial charge in [-0.15, -0.1) is 0 Å². The van der Waals surface area contributed by atoms with Crippen LogP contribution < -0.4 is 5.32 Å². The standard InChI is InChI=1S/C22H27N3O2/c1-3-19-20(22(26)27-4-2)24-15-25-21(19)23-14-16-9-8-12-18(13-16)17-10-6-5-7-11-17/h3,5-7,10-11,15-16,18H,1,4,8-9,12-14H2,2H3,(H,23,24,25)/t16-,18+/m0/s1. The fraction of sp³-hybridized carbons (Fsp3) is 0.409. The fourth-order valence-corrected chi connectivity index (χ4v) is 3.84. The molecule has 0 bridgehead atoms. The number of anilines is 1. The molecule has 1 aliphatic carbocycles. The molecule has 1 N–H and O–H groups in total. The summed E-state index contributed by atoms with van der Waals surface area (Å²) in [6.07, 6.45) is 7.86. The van der Waals surface area contributed by atoms with Gasteiger partial charge in [-0.3, -0.25) is 0 Å². The van der Waals surface area contributed by atoms with Gasteiger partial charge in [0.2, 0.25) is 0 Å². The second-order valence-electron chi connectivity index (χ2n) is 6.93. The van der Waals surface area contributed by atoms with E-state index in [1.165, 1.54) is 31.2 Å². The van der Waals surface area contributed by atoms with Gasteiger partial charge in [0.1, 0.15) is 12.1 Å². The number of ether oxygens (including phenoxy) is 1. The van der Waals surface area contributed by atoms with Crippen LogP contribution in [-0.2, 0) is 4.74 Å². The summed E-state index contributed by atoms with van der Waals surface area (Å²) in [5, 5.41) is 3.41. The number of carbonyl (C=O) groups is 1. The van der Waals surface area contributed by atoms with Crippen molar-refractivity contribution in [1.82, 2.24) is 9.97 Å². The van der Waals surface area contributed by atoms with Crippen molar-refractivity contribution in [2.24, 2.45) is 5.92 Å². The third-order valence-corrected chi connectivity index (χ3v) is 5.17. The highest BCUT2D eigenvalue weighted by molar-refractivity contribution is 5.93. The van der Waals surface area contributed by atoms with Crippen LogP contribution in [0.2, 0.25) is 0 Å². The van der Waals surface area contributed by atoms with Gasteiger partial charge in [-0.2, -0.15) is 0 Å². The quantitative estimate of drug-likeness (QED) is 0.722. The first-order valence-corrected chi connectivity index (χ1v) is 9.66. The number of nitrogens with one attached hydrogen (secondary N) is 1. The third-order valence-electron chi connectivity index (χ3n) is 5.17. The van der Waals surface area contributed by atoms with Crippen molar-refractivity contribution in [3.63, 3.8) is 0 Å². The second kappa shape index (κ2) is 9.31. The Morgan fingerprint density at radius 2 is 2.11 bits per heavy atom. The van der Waals surface area contributed by atoms with Gasteiger partial charge >= 0.3 is 5.97 Å². The Hall–Kier alpha value is -2.69. The van der Waals surface area contributed by atoms with Crippen molar-refractivity contribution < 1.29 is 9.53 Å². The number of carbonyl (C=O) groups excluding carboxylic acids is 1. The molecule has 5 nitrogen and oxygen atoms in total. The molecule has 0 saturated heterocycles. The van der Waals surface area contributed by atoms with E-state index >= 15 is 0 Å². The summed E-state index contributed by atoms with van der Waals surface area (Å²) in [6, 6.07) is 10.8. The maximum atomic E-state index is 12.1. The molecular formula is C22H27N3O2. The zero-order chi connectivity index (χ0) is 19.1. The smallest absolute Gasteiger partial charge is 0.357 e. The fourth-order valence-electron chi connectivity index (χ4n) is 3.84. The first-order valence-electron chi connectivity index (χ1n) is 9.66. The summed E-state index contributed by atoms with van der Waals surface area (Å²) in [7, 11) is 0. The van der Waals surface area contributed by atoms with E-state index in [1.807, 2.05) is 0 Å². The van der Waals surface area contributed by atoms with Gasteiger partial charge in [-0.05, 0) is 43.6 Å². The van der Waals surface area contributed by atoms with Crippen molar-refractivity contribution in [1.29, 1.82) is 0 Å². The molecule has 0 aliphatic heterocycles. The van der Waals surface area contributed by atoms with E-state index < -0.39 is 5.97 Å². The van der Waals surface area contributed by atoms with Crippen molar-refractivity contribution in [2.75, 3.05) is 18.5 Å². The van der Waals surface area contributed by atoms with Crippen molar-refractivity contribution >= 4 is 17.9 Å². The average Bonchev–Trinajstić information content (AvgIpc) is 2.73. The summed E-state index contributed by atoms with van der Waals surface area (Å²) >= 11 is 0. The number of aromatic nitrogens is 2. The highest BCUT2D eigenvalue weighted by Gasteiger charge is 2.24. The topological polar surface area (TPSA) is 64.1 Å². The Bertz CT molecular complexity index is 776. The van der Waals surface area contributed by atoms with Crippen LogP contribution in [0.15, 0.2) is 43.2 Å². The minimum absolute atomic E-state index is 0.259. The Morgan fingerprint density at radius 1 is 1.30 bits per heavy atom. The second-order valence-corrected chi connectivity index (χ2v) is 6.93. The summed E-state index contributed by atoms with van der Waals surface area (Å²) in [5.74, 6) is 1.39. The van der Waals surface area contributed by atoms with Crippen molar-refractivity contribution in [2.45, 2.75) is 38.5 Å². The summed E-state index contributed by atoms with van der Waals surface area (Å²) in [6.45, 7) is 6.72. The molecule has 142 valence electrons. The predicted molar refractivity (Wildman–Crippen MR) is 108 cm³/mol. The number of rotatable bonds is 7. The number of hydrogen-bond donors (Lipinski definition) is 1. The monoisotopic (exact) mass is 365 g/mol. The number of esters is 1. The van der Waals surface area contributed by atoms with E-state index in [9.17, 15) is 4.79 Å². The molecule has 5 heteroatoms. The average molecular weight is 365 g/mol. The van der Waals surface area contributed by atoms with Crippen LogP contribution in [0, 0.1) is 5.92 Å². The van der Waals surface area contributed by atoms with E-state index in [0.29, 0.717) is 29.8 Å². The molecule has 2 aromatic rings. The SMILES string of the molecule is C=Cc1c(NC[C@H]2CCC[C@@H](c3ccccc3)C2)ncnc1C(=O)OCC. The van der Waals surface area contributed by atoms with Gasteiger partial charge in [0, 0.05) is 12.1 Å². The zero-order valence-corrected chi connectivity index (χ0v) is 15.9. The molecule has 1 saturated carbocycles. The number of benzene rings is 1. The lowest BCUT2D eigenvalue weighted by Crippen LogP contribution is -2.22. The van der Waals surface area contributed by atoms with Crippen LogP contribution in [-0.4, -0.2) is 29.1 Å². The molecule has 27 heavy (non-hydrogen) atoms. The van der Waals surface area contributed by atoms with Gasteiger partial charge in [0.15, 0.2) is 5.69 Å². The van der Waals surface area contributed by atoms with E-state index in [2.05, 4.69) is 52.2 Å². The highest BCUT2D eigenvalue weighted by Crippen LogP contribution is 2.36. The number of nitrogens with zero attached hydrogens (tertiary/aromatic N) is 2. The highest BCUT2D eigenvalue weighted by atomic mass is 16.5. The predicted octanol–water partition coefficient (Wildman–Crippen LogP) is 4.68.